The summed E-state index contributed by atoms with van der Waals surface area (Å²) in [6, 6.07) is 0. The van der Waals surface area contributed by atoms with Crippen LogP contribution in [-0.4, -0.2) is 22.1 Å². The van der Waals surface area contributed by atoms with Gasteiger partial charge in [0.2, 0.25) is 0 Å². The lowest BCUT2D eigenvalue weighted by Crippen LogP contribution is -2.18. The van der Waals surface area contributed by atoms with Crippen molar-refractivity contribution < 1.29 is 13.6 Å². The molecule has 0 saturated carbocycles. The molecule has 1 aromatic rings. The molecule has 15 heavy (non-hydrogen) atoms. The molecule has 2 atom stereocenters. The van der Waals surface area contributed by atoms with Crippen LogP contribution < -0.4 is 0 Å². The molecular weight excluding hydrogens is 192 g/mol. The molecule has 0 aliphatic carbocycles. The van der Waals surface area contributed by atoms with E-state index in [-0.39, 0.29) is 6.61 Å². The molecule has 2 heterocycles. The summed E-state index contributed by atoms with van der Waals surface area (Å²) < 4.78 is 30.3. The van der Waals surface area contributed by atoms with Gasteiger partial charge in [0.15, 0.2) is 0 Å². The first kappa shape index (κ1) is 7.04. The summed E-state index contributed by atoms with van der Waals surface area (Å²) in [6.45, 7) is 1.34. The Morgan fingerprint density at radius 2 is 2.67 bits per heavy atom. The van der Waals surface area contributed by atoms with Gasteiger partial charge in [0.25, 0.3) is 0 Å². The maximum absolute atomic E-state index is 11.7. The molecule has 4 nitrogen and oxygen atoms in total. The van der Waals surface area contributed by atoms with Gasteiger partial charge in [-0.25, -0.2) is 4.98 Å². The van der Waals surface area contributed by atoms with Crippen molar-refractivity contribution in [1.82, 2.24) is 9.55 Å². The van der Waals surface area contributed by atoms with Gasteiger partial charge < -0.3 is 9.30 Å². The fourth-order valence-corrected chi connectivity index (χ4v) is 1.80. The van der Waals surface area contributed by atoms with E-state index in [1.807, 2.05) is 7.05 Å². The summed E-state index contributed by atoms with van der Waals surface area (Å²) in [7, 11) is 1.83. The minimum Gasteiger partial charge on any atom is -0.465 e. The Kier molecular flexibility index (Phi) is 1.90. The van der Waals surface area contributed by atoms with Gasteiger partial charge in [0.1, 0.15) is 0 Å². The molecule has 0 N–H and O–H groups in total. The molecule has 1 aliphatic rings. The van der Waals surface area contributed by atoms with Crippen LogP contribution in [0.25, 0.3) is 0 Å². The maximum atomic E-state index is 11.7. The summed E-state index contributed by atoms with van der Waals surface area (Å²) in [5.41, 5.74) is 0.860. The summed E-state index contributed by atoms with van der Waals surface area (Å²) in [5, 5.41) is 0. The van der Waals surface area contributed by atoms with E-state index in [1.165, 1.54) is 6.92 Å². The number of imidazole rings is 1. The normalized spacial score (nSPS) is 34.4. The molecule has 2 rings (SSSR count). The topological polar surface area (TPSA) is 44.1 Å². The van der Waals surface area contributed by atoms with Crippen molar-refractivity contribution in [2.75, 3.05) is 6.61 Å². The third kappa shape index (κ3) is 1.89. The van der Waals surface area contributed by atoms with Crippen LogP contribution in [0.5, 0.6) is 0 Å². The lowest BCUT2D eigenvalue weighted by molar-refractivity contribution is -0.141. The van der Waals surface area contributed by atoms with Gasteiger partial charge >= 0.3 is 5.97 Å². The van der Waals surface area contributed by atoms with Gasteiger partial charge in [-0.15, -0.1) is 0 Å². The second-order valence-electron chi connectivity index (χ2n) is 3.66. The van der Waals surface area contributed by atoms with Crippen molar-refractivity contribution in [3.63, 3.8) is 0 Å². The van der Waals surface area contributed by atoms with E-state index in [0.29, 0.717) is 6.42 Å². The molecular formula is C11H16N2O2. The van der Waals surface area contributed by atoms with Crippen LogP contribution in [0, 0.1) is 11.8 Å². The lowest BCUT2D eigenvalue weighted by Gasteiger charge is -2.12. The smallest absolute Gasteiger partial charge is 0.309 e. The Bertz CT molecular complexity index is 469. The standard InChI is InChI=1S/C11H16N2O2/c1-3-10-8(6-15-11(10)14)4-9-5-12-7-13(9)2/h5,7-8,10H,3-4,6H2,1-2H3/t8-,10-/m0/s1/i3D2,10D. The molecule has 0 radical (unpaired) electrons. The number of hydrogen-bond donors (Lipinski definition) is 0. The van der Waals surface area contributed by atoms with Crippen LogP contribution in [0.15, 0.2) is 12.5 Å². The molecule has 4 heteroatoms. The van der Waals surface area contributed by atoms with E-state index in [1.54, 1.807) is 17.1 Å². The first-order valence-electron chi connectivity index (χ1n) is 6.39. The van der Waals surface area contributed by atoms with Crippen molar-refractivity contribution in [2.24, 2.45) is 18.9 Å². The summed E-state index contributed by atoms with van der Waals surface area (Å²) in [6.07, 6.45) is 1.76. The van der Waals surface area contributed by atoms with Crippen molar-refractivity contribution in [1.29, 1.82) is 0 Å². The fraction of sp³-hybridized carbons (Fsp3) is 0.636. The highest BCUT2D eigenvalue weighted by Gasteiger charge is 2.35. The number of nitrogens with zero attached hydrogens (tertiary/aromatic N) is 2. The average Bonchev–Trinajstić information content (AvgIpc) is 2.78. The highest BCUT2D eigenvalue weighted by molar-refractivity contribution is 5.74. The Labute approximate surface area is 93.5 Å². The minimum absolute atomic E-state index is 0.0842. The van der Waals surface area contributed by atoms with Crippen molar-refractivity contribution in [2.45, 2.75) is 19.7 Å². The predicted molar refractivity (Wildman–Crippen MR) is 55.1 cm³/mol. The molecule has 0 amide bonds. The van der Waals surface area contributed by atoms with E-state index in [2.05, 4.69) is 4.98 Å². The molecule has 0 bridgehead atoms. The highest BCUT2D eigenvalue weighted by atomic mass is 16.5. The van der Waals surface area contributed by atoms with E-state index in [0.717, 1.165) is 5.69 Å². The van der Waals surface area contributed by atoms with Crippen molar-refractivity contribution in [3.8, 4) is 0 Å². The van der Waals surface area contributed by atoms with Gasteiger partial charge in [-0.2, -0.15) is 0 Å². The number of esters is 1. The quantitative estimate of drug-likeness (QED) is 0.705. The summed E-state index contributed by atoms with van der Waals surface area (Å²) in [5.74, 6) is -3.13. The highest BCUT2D eigenvalue weighted by Crippen LogP contribution is 2.27. The number of hydrogen-bond acceptors (Lipinski definition) is 3. The van der Waals surface area contributed by atoms with E-state index >= 15 is 0 Å². The van der Waals surface area contributed by atoms with Gasteiger partial charge in [0.05, 0.1) is 18.8 Å². The van der Waals surface area contributed by atoms with Crippen LogP contribution >= 0.6 is 0 Å². The van der Waals surface area contributed by atoms with Crippen LogP contribution in [0.1, 0.15) is 23.1 Å². The Morgan fingerprint density at radius 1 is 1.87 bits per heavy atom. The molecule has 0 unspecified atom stereocenters. The van der Waals surface area contributed by atoms with Crippen LogP contribution in [0.4, 0.5) is 0 Å². The van der Waals surface area contributed by atoms with Gasteiger partial charge in [-0.05, 0) is 12.8 Å². The number of ether oxygens (including phenoxy) is 1. The van der Waals surface area contributed by atoms with E-state index in [4.69, 9.17) is 8.85 Å². The second-order valence-corrected chi connectivity index (χ2v) is 3.66. The fourth-order valence-electron chi connectivity index (χ4n) is 1.80. The molecule has 1 fully saturated rings. The third-order valence-corrected chi connectivity index (χ3v) is 2.69. The maximum Gasteiger partial charge on any atom is 0.309 e. The molecule has 1 aromatic heterocycles. The number of carbonyl (C=O) groups is 1. The predicted octanol–water partition coefficient (Wildman–Crippen LogP) is 1.16. The number of carbonyl (C=O) groups excluding carboxylic acids is 1. The third-order valence-electron chi connectivity index (χ3n) is 2.69. The van der Waals surface area contributed by atoms with E-state index < -0.39 is 24.2 Å². The first-order chi connectivity index (χ1) is 8.26. The van der Waals surface area contributed by atoms with Crippen molar-refractivity contribution in [3.05, 3.63) is 18.2 Å². The first-order valence-corrected chi connectivity index (χ1v) is 4.89. The Morgan fingerprint density at radius 3 is 3.27 bits per heavy atom. The second kappa shape index (κ2) is 4.04. The average molecular weight is 211 g/mol. The number of cyclic esters (lactones) is 1. The van der Waals surface area contributed by atoms with Crippen molar-refractivity contribution >= 4 is 5.97 Å². The zero-order chi connectivity index (χ0) is 13.6. The van der Waals surface area contributed by atoms with Crippen LogP contribution in [0.2, 0.25) is 0 Å². The van der Waals surface area contributed by atoms with E-state index in [9.17, 15) is 4.79 Å². The SMILES string of the molecule is [2H]C([2H])(C)[C@]1([2H])C(=O)OC[C@@H]1Cc1cncn1C. The zero-order valence-corrected chi connectivity index (χ0v) is 8.86. The molecule has 0 spiro atoms. The monoisotopic (exact) mass is 211 g/mol. The molecule has 1 aliphatic heterocycles. The number of rotatable bonds is 3. The summed E-state index contributed by atoms with van der Waals surface area (Å²) in [4.78, 5) is 15.7. The van der Waals surface area contributed by atoms with Gasteiger partial charge in [0, 0.05) is 29.0 Å². The zero-order valence-electron chi connectivity index (χ0n) is 11.9. The lowest BCUT2D eigenvalue weighted by atomic mass is 9.89. The molecule has 1 saturated heterocycles. The van der Waals surface area contributed by atoms with Gasteiger partial charge in [-0.3, -0.25) is 4.79 Å². The Balaban J connectivity index is 2.28. The minimum atomic E-state index is -1.94. The van der Waals surface area contributed by atoms with Gasteiger partial charge in [-0.1, -0.05) is 6.92 Å². The van der Waals surface area contributed by atoms with Crippen LogP contribution in [0.3, 0.4) is 0 Å². The number of aromatic nitrogens is 2. The largest absolute Gasteiger partial charge is 0.465 e. The number of aryl methyl sites for hydroxylation is 1. The molecule has 82 valence electrons. The summed E-state index contributed by atoms with van der Waals surface area (Å²) >= 11 is 0. The molecule has 0 aromatic carbocycles. The Hall–Kier alpha value is -1.32. The van der Waals surface area contributed by atoms with Crippen LogP contribution in [-0.2, 0) is 23.0 Å².